The van der Waals surface area contributed by atoms with Crippen LogP contribution in [0.5, 0.6) is 5.75 Å². The van der Waals surface area contributed by atoms with E-state index in [4.69, 9.17) is 7.85 Å². The Kier molecular flexibility index (Phi) is 3.65. The number of hydrogen-bond acceptors (Lipinski definition) is 4. The summed E-state index contributed by atoms with van der Waals surface area (Å²) in [7, 11) is 5.68. The first-order valence-corrected chi connectivity index (χ1v) is 6.96. The van der Waals surface area contributed by atoms with E-state index in [1.54, 1.807) is 24.3 Å². The molecule has 1 aromatic heterocycles. The standard InChI is InChI=1S/C16H15BN2O2/c17-12-3-1-11(2-4-12)16-14(21)5-6-15(18-16)19-9-7-13(20)8-10-19/h1-6,21H,7-10H2. The van der Waals surface area contributed by atoms with E-state index in [9.17, 15) is 9.90 Å². The summed E-state index contributed by atoms with van der Waals surface area (Å²) >= 11 is 0. The molecule has 0 atom stereocenters. The quantitative estimate of drug-likeness (QED) is 0.844. The van der Waals surface area contributed by atoms with Crippen molar-refractivity contribution in [2.24, 2.45) is 0 Å². The predicted molar refractivity (Wildman–Crippen MR) is 83.2 cm³/mol. The molecule has 104 valence electrons. The lowest BCUT2D eigenvalue weighted by Crippen LogP contribution is -2.34. The van der Waals surface area contributed by atoms with E-state index >= 15 is 0 Å². The molecule has 0 unspecified atom stereocenters. The van der Waals surface area contributed by atoms with Crippen LogP contribution in [0.1, 0.15) is 12.8 Å². The van der Waals surface area contributed by atoms with Crippen molar-refractivity contribution in [2.45, 2.75) is 12.8 Å². The fourth-order valence-corrected chi connectivity index (χ4v) is 2.46. The van der Waals surface area contributed by atoms with Gasteiger partial charge in [-0.15, -0.1) is 0 Å². The van der Waals surface area contributed by atoms with Gasteiger partial charge in [-0.1, -0.05) is 29.7 Å². The van der Waals surface area contributed by atoms with E-state index < -0.39 is 0 Å². The van der Waals surface area contributed by atoms with E-state index in [0.29, 0.717) is 42.9 Å². The molecule has 1 aliphatic heterocycles. The van der Waals surface area contributed by atoms with E-state index in [2.05, 4.69) is 9.88 Å². The van der Waals surface area contributed by atoms with Crippen LogP contribution in [-0.4, -0.2) is 36.8 Å². The van der Waals surface area contributed by atoms with Crippen LogP contribution in [0.4, 0.5) is 5.82 Å². The Labute approximate surface area is 124 Å². The summed E-state index contributed by atoms with van der Waals surface area (Å²) in [6.07, 6.45) is 1.11. The highest BCUT2D eigenvalue weighted by molar-refractivity contribution is 6.32. The molecule has 5 heteroatoms. The van der Waals surface area contributed by atoms with Crippen LogP contribution < -0.4 is 10.4 Å². The van der Waals surface area contributed by atoms with Crippen molar-refractivity contribution < 1.29 is 9.90 Å². The fraction of sp³-hybridized carbons (Fsp3) is 0.250. The highest BCUT2D eigenvalue weighted by Crippen LogP contribution is 2.29. The molecule has 0 spiro atoms. The highest BCUT2D eigenvalue weighted by atomic mass is 16.3. The Hall–Kier alpha value is -2.30. The molecule has 2 radical (unpaired) electrons. The average Bonchev–Trinajstić information content (AvgIpc) is 2.50. The first kappa shape index (κ1) is 13.7. The predicted octanol–water partition coefficient (Wildman–Crippen LogP) is 1.42. The summed E-state index contributed by atoms with van der Waals surface area (Å²) in [5, 5.41) is 10.0. The van der Waals surface area contributed by atoms with Crippen LogP contribution in [0.25, 0.3) is 11.3 Å². The number of carbonyl (C=O) groups is 1. The molecule has 3 rings (SSSR count). The van der Waals surface area contributed by atoms with Gasteiger partial charge in [-0.2, -0.15) is 0 Å². The van der Waals surface area contributed by atoms with Gasteiger partial charge < -0.3 is 10.0 Å². The lowest BCUT2D eigenvalue weighted by atomic mass is 9.94. The lowest BCUT2D eigenvalue weighted by Gasteiger charge is -2.27. The summed E-state index contributed by atoms with van der Waals surface area (Å²) in [4.78, 5) is 17.9. The average molecular weight is 278 g/mol. The number of ketones is 1. The molecule has 2 heterocycles. The van der Waals surface area contributed by atoms with Gasteiger partial charge in [0.05, 0.1) is 0 Å². The first-order valence-electron chi connectivity index (χ1n) is 6.96. The van der Waals surface area contributed by atoms with E-state index in [1.165, 1.54) is 0 Å². The van der Waals surface area contributed by atoms with Crippen molar-refractivity contribution in [3.8, 4) is 17.0 Å². The maximum absolute atomic E-state index is 11.3. The summed E-state index contributed by atoms with van der Waals surface area (Å²) in [5.41, 5.74) is 2.02. The zero-order valence-electron chi connectivity index (χ0n) is 11.6. The second kappa shape index (κ2) is 5.60. The summed E-state index contributed by atoms with van der Waals surface area (Å²) in [5.74, 6) is 1.22. The number of aromatic nitrogens is 1. The van der Waals surface area contributed by atoms with E-state index in [0.717, 1.165) is 11.4 Å². The monoisotopic (exact) mass is 278 g/mol. The molecule has 1 aliphatic rings. The first-order chi connectivity index (χ1) is 10.1. The summed E-state index contributed by atoms with van der Waals surface area (Å²) in [6.45, 7) is 1.36. The van der Waals surface area contributed by atoms with Crippen LogP contribution in [0.15, 0.2) is 36.4 Å². The minimum Gasteiger partial charge on any atom is -0.506 e. The van der Waals surface area contributed by atoms with Crippen molar-refractivity contribution in [1.82, 2.24) is 4.98 Å². The molecule has 1 N–H and O–H groups in total. The van der Waals surface area contributed by atoms with Crippen molar-refractivity contribution in [1.29, 1.82) is 0 Å². The molecular weight excluding hydrogens is 263 g/mol. The van der Waals surface area contributed by atoms with Crippen LogP contribution in [0.2, 0.25) is 0 Å². The maximum Gasteiger partial charge on any atom is 0.142 e. The third kappa shape index (κ3) is 2.91. The molecule has 1 saturated heterocycles. The normalized spacial score (nSPS) is 15.2. The lowest BCUT2D eigenvalue weighted by molar-refractivity contribution is -0.119. The minimum absolute atomic E-state index is 0.136. The molecule has 0 saturated carbocycles. The SMILES string of the molecule is [B]c1ccc(-c2nc(N3CCC(=O)CC3)ccc2O)cc1. The van der Waals surface area contributed by atoms with Crippen LogP contribution in [0, 0.1) is 0 Å². The largest absolute Gasteiger partial charge is 0.506 e. The van der Waals surface area contributed by atoms with Crippen molar-refractivity contribution in [3.05, 3.63) is 36.4 Å². The van der Waals surface area contributed by atoms with Gasteiger partial charge in [0, 0.05) is 31.5 Å². The van der Waals surface area contributed by atoms with E-state index in [-0.39, 0.29) is 5.75 Å². The molecule has 0 aliphatic carbocycles. The topological polar surface area (TPSA) is 53.4 Å². The summed E-state index contributed by atoms with van der Waals surface area (Å²) < 4.78 is 0. The molecule has 1 aromatic carbocycles. The second-order valence-electron chi connectivity index (χ2n) is 5.18. The second-order valence-corrected chi connectivity index (χ2v) is 5.18. The maximum atomic E-state index is 11.3. The number of benzene rings is 1. The molecule has 0 bridgehead atoms. The van der Waals surface area contributed by atoms with E-state index in [1.807, 2.05) is 12.1 Å². The third-order valence-electron chi connectivity index (χ3n) is 3.69. The van der Waals surface area contributed by atoms with Gasteiger partial charge in [0.1, 0.15) is 30.9 Å². The molecule has 4 nitrogen and oxygen atoms in total. The number of nitrogens with zero attached hydrogens (tertiary/aromatic N) is 2. The Balaban J connectivity index is 1.92. The smallest absolute Gasteiger partial charge is 0.142 e. The van der Waals surface area contributed by atoms with Crippen LogP contribution in [-0.2, 0) is 4.79 Å². The van der Waals surface area contributed by atoms with Gasteiger partial charge in [0.2, 0.25) is 0 Å². The number of Topliss-reactive ketones (excluding diaryl/α,β-unsaturated/α-hetero) is 1. The molecule has 21 heavy (non-hydrogen) atoms. The fourth-order valence-electron chi connectivity index (χ4n) is 2.46. The molecule has 0 amide bonds. The third-order valence-corrected chi connectivity index (χ3v) is 3.69. The zero-order chi connectivity index (χ0) is 14.8. The summed E-state index contributed by atoms with van der Waals surface area (Å²) in [6, 6.07) is 10.7. The van der Waals surface area contributed by atoms with Crippen LogP contribution >= 0.6 is 0 Å². The number of hydrogen-bond donors (Lipinski definition) is 1. The Morgan fingerprint density at radius 1 is 1.05 bits per heavy atom. The molecular formula is C16H15BN2O2. The van der Waals surface area contributed by atoms with Crippen molar-refractivity contribution in [3.63, 3.8) is 0 Å². The van der Waals surface area contributed by atoms with Gasteiger partial charge in [0.15, 0.2) is 0 Å². The van der Waals surface area contributed by atoms with Gasteiger partial charge in [0.25, 0.3) is 0 Å². The van der Waals surface area contributed by atoms with Gasteiger partial charge >= 0.3 is 0 Å². The number of rotatable bonds is 2. The van der Waals surface area contributed by atoms with Gasteiger partial charge in [-0.25, -0.2) is 4.98 Å². The van der Waals surface area contributed by atoms with Crippen LogP contribution in [0.3, 0.4) is 0 Å². The number of piperidine rings is 1. The minimum atomic E-state index is 0.136. The number of pyridine rings is 1. The number of anilines is 1. The zero-order valence-corrected chi connectivity index (χ0v) is 11.6. The van der Waals surface area contributed by atoms with Crippen molar-refractivity contribution >= 4 is 24.9 Å². The Bertz CT molecular complexity index is 660. The van der Waals surface area contributed by atoms with Gasteiger partial charge in [-0.05, 0) is 12.1 Å². The Morgan fingerprint density at radius 2 is 1.71 bits per heavy atom. The number of carbonyl (C=O) groups excluding carboxylic acids is 1. The van der Waals surface area contributed by atoms with Crippen molar-refractivity contribution in [2.75, 3.05) is 18.0 Å². The Morgan fingerprint density at radius 3 is 2.38 bits per heavy atom. The molecule has 2 aromatic rings. The molecule has 1 fully saturated rings. The number of aromatic hydroxyl groups is 1. The van der Waals surface area contributed by atoms with Gasteiger partial charge in [-0.3, -0.25) is 4.79 Å². The highest BCUT2D eigenvalue weighted by Gasteiger charge is 2.18.